The third-order valence-corrected chi connectivity index (χ3v) is 3.26. The second kappa shape index (κ2) is 7.03. The molecule has 2 heterocycles. The fourth-order valence-corrected chi connectivity index (χ4v) is 1.99. The number of hydrogen-bond acceptors (Lipinski definition) is 8. The molecule has 0 saturated carbocycles. The molecule has 0 aliphatic carbocycles. The monoisotopic (exact) mass is 332 g/mol. The number of esters is 1. The van der Waals surface area contributed by atoms with Crippen molar-refractivity contribution in [2.45, 2.75) is 13.0 Å². The molecule has 8 nitrogen and oxygen atoms in total. The molecule has 0 radical (unpaired) electrons. The normalized spacial score (nSPS) is 14.8. The molecular formula is C16H16N2O6. The standard InChI is InChI=1S/C16H16N2O6/c1-10(23-16(19)13-9-21-7-8-22-13)14-17-18-15(24-14)11-3-5-12(20-2)6-4-11/h3-6,9-10H,7-8H2,1-2H3/t10-/m1/s1. The van der Waals surface area contributed by atoms with Crippen molar-refractivity contribution in [1.82, 2.24) is 10.2 Å². The fraction of sp³-hybridized carbons (Fsp3) is 0.312. The van der Waals surface area contributed by atoms with Gasteiger partial charge in [-0.3, -0.25) is 0 Å². The molecule has 1 aliphatic rings. The first kappa shape index (κ1) is 15.9. The Morgan fingerprint density at radius 1 is 1.21 bits per heavy atom. The van der Waals surface area contributed by atoms with Crippen molar-refractivity contribution >= 4 is 5.97 Å². The van der Waals surface area contributed by atoms with Gasteiger partial charge in [0.1, 0.15) is 25.2 Å². The van der Waals surface area contributed by atoms with Crippen molar-refractivity contribution in [1.29, 1.82) is 0 Å². The SMILES string of the molecule is COc1ccc(-c2nnc([C@@H](C)OC(=O)C3=COCCO3)o2)cc1. The van der Waals surface area contributed by atoms with Crippen LogP contribution >= 0.6 is 0 Å². The van der Waals surface area contributed by atoms with E-state index in [-0.39, 0.29) is 11.6 Å². The minimum Gasteiger partial charge on any atom is -0.497 e. The highest BCUT2D eigenvalue weighted by atomic mass is 16.6. The van der Waals surface area contributed by atoms with Crippen LogP contribution in [0.25, 0.3) is 11.5 Å². The minimum absolute atomic E-state index is 0.0167. The molecule has 8 heteroatoms. The first-order valence-corrected chi connectivity index (χ1v) is 7.31. The van der Waals surface area contributed by atoms with Crippen molar-refractivity contribution in [3.8, 4) is 17.2 Å². The van der Waals surface area contributed by atoms with E-state index < -0.39 is 12.1 Å². The summed E-state index contributed by atoms with van der Waals surface area (Å²) in [6.07, 6.45) is 0.512. The fourth-order valence-electron chi connectivity index (χ4n) is 1.99. The van der Waals surface area contributed by atoms with Crippen LogP contribution in [-0.2, 0) is 19.0 Å². The van der Waals surface area contributed by atoms with E-state index in [1.54, 1.807) is 38.3 Å². The number of ether oxygens (including phenoxy) is 4. The van der Waals surface area contributed by atoms with E-state index in [1.807, 2.05) is 0 Å². The molecule has 0 bridgehead atoms. The maximum absolute atomic E-state index is 11.9. The molecule has 1 aromatic heterocycles. The van der Waals surface area contributed by atoms with Crippen molar-refractivity contribution in [2.24, 2.45) is 0 Å². The quantitative estimate of drug-likeness (QED) is 0.770. The lowest BCUT2D eigenvalue weighted by Gasteiger charge is -2.15. The molecule has 1 atom stereocenters. The molecule has 0 unspecified atom stereocenters. The van der Waals surface area contributed by atoms with Gasteiger partial charge in [0.25, 0.3) is 5.89 Å². The summed E-state index contributed by atoms with van der Waals surface area (Å²) >= 11 is 0. The van der Waals surface area contributed by atoms with Crippen LogP contribution in [0.15, 0.2) is 40.7 Å². The van der Waals surface area contributed by atoms with Crippen LogP contribution in [-0.4, -0.2) is 36.5 Å². The second-order valence-corrected chi connectivity index (χ2v) is 4.92. The van der Waals surface area contributed by atoms with Gasteiger partial charge in [-0.15, -0.1) is 10.2 Å². The minimum atomic E-state index is -0.719. The number of aromatic nitrogens is 2. The predicted molar refractivity (Wildman–Crippen MR) is 80.8 cm³/mol. The van der Waals surface area contributed by atoms with Gasteiger partial charge in [-0.25, -0.2) is 4.79 Å². The molecule has 1 aromatic carbocycles. The van der Waals surface area contributed by atoms with Crippen LogP contribution in [0.3, 0.4) is 0 Å². The Morgan fingerprint density at radius 2 is 2.00 bits per heavy atom. The average molecular weight is 332 g/mol. The van der Waals surface area contributed by atoms with Crippen LogP contribution in [0.2, 0.25) is 0 Å². The van der Waals surface area contributed by atoms with Crippen LogP contribution in [0.4, 0.5) is 0 Å². The van der Waals surface area contributed by atoms with Crippen LogP contribution in [0.5, 0.6) is 5.75 Å². The maximum atomic E-state index is 11.9. The number of benzene rings is 1. The largest absolute Gasteiger partial charge is 0.497 e. The molecule has 3 rings (SSSR count). The van der Waals surface area contributed by atoms with Gasteiger partial charge in [0.05, 0.1) is 7.11 Å². The van der Waals surface area contributed by atoms with Gasteiger partial charge in [0, 0.05) is 5.56 Å². The Kier molecular flexibility index (Phi) is 4.64. The summed E-state index contributed by atoms with van der Waals surface area (Å²) in [5.41, 5.74) is 0.736. The topological polar surface area (TPSA) is 92.9 Å². The summed E-state index contributed by atoms with van der Waals surface area (Å²) in [7, 11) is 1.59. The van der Waals surface area contributed by atoms with E-state index in [2.05, 4.69) is 10.2 Å². The third-order valence-electron chi connectivity index (χ3n) is 3.26. The lowest BCUT2D eigenvalue weighted by atomic mass is 10.2. The number of hydrogen-bond donors (Lipinski definition) is 0. The number of methoxy groups -OCH3 is 1. The highest BCUT2D eigenvalue weighted by Gasteiger charge is 2.23. The Labute approximate surface area is 138 Å². The lowest BCUT2D eigenvalue weighted by molar-refractivity contribution is -0.150. The summed E-state index contributed by atoms with van der Waals surface area (Å²) in [5.74, 6) is 0.608. The molecule has 0 amide bonds. The summed E-state index contributed by atoms with van der Waals surface area (Å²) in [6.45, 7) is 2.34. The molecule has 0 fully saturated rings. The number of nitrogens with zero attached hydrogens (tertiary/aromatic N) is 2. The van der Waals surface area contributed by atoms with Crippen LogP contribution in [0, 0.1) is 0 Å². The molecule has 2 aromatic rings. The Bertz CT molecular complexity index is 737. The smallest absolute Gasteiger partial charge is 0.377 e. The van der Waals surface area contributed by atoms with Crippen LogP contribution < -0.4 is 4.74 Å². The summed E-state index contributed by atoms with van der Waals surface area (Å²) < 4.78 is 26.1. The van der Waals surface area contributed by atoms with E-state index >= 15 is 0 Å². The maximum Gasteiger partial charge on any atom is 0.377 e. The van der Waals surface area contributed by atoms with Gasteiger partial charge >= 0.3 is 5.97 Å². The van der Waals surface area contributed by atoms with Crippen molar-refractivity contribution in [3.63, 3.8) is 0 Å². The average Bonchev–Trinajstić information content (AvgIpc) is 3.13. The summed E-state index contributed by atoms with van der Waals surface area (Å²) in [5, 5.41) is 7.88. The van der Waals surface area contributed by atoms with Gasteiger partial charge in [-0.05, 0) is 31.2 Å². The predicted octanol–water partition coefficient (Wildman–Crippen LogP) is 2.24. The molecule has 1 aliphatic heterocycles. The molecule has 24 heavy (non-hydrogen) atoms. The Balaban J connectivity index is 1.67. The van der Waals surface area contributed by atoms with Gasteiger partial charge < -0.3 is 23.4 Å². The Hall–Kier alpha value is -3.03. The molecule has 0 spiro atoms. The van der Waals surface area contributed by atoms with E-state index in [4.69, 9.17) is 23.4 Å². The van der Waals surface area contributed by atoms with E-state index in [9.17, 15) is 4.79 Å². The number of rotatable bonds is 5. The van der Waals surface area contributed by atoms with Gasteiger partial charge in [0.15, 0.2) is 6.10 Å². The Morgan fingerprint density at radius 3 is 2.67 bits per heavy atom. The zero-order valence-electron chi connectivity index (χ0n) is 13.2. The van der Waals surface area contributed by atoms with Crippen molar-refractivity contribution < 1.29 is 28.2 Å². The highest BCUT2D eigenvalue weighted by molar-refractivity contribution is 5.86. The van der Waals surface area contributed by atoms with Crippen molar-refractivity contribution in [2.75, 3.05) is 20.3 Å². The lowest BCUT2D eigenvalue weighted by Crippen LogP contribution is -2.18. The van der Waals surface area contributed by atoms with Gasteiger partial charge in [-0.1, -0.05) is 0 Å². The highest BCUT2D eigenvalue weighted by Crippen LogP contribution is 2.24. The van der Waals surface area contributed by atoms with E-state index in [0.717, 1.165) is 11.3 Å². The number of carbonyl (C=O) groups is 1. The summed E-state index contributed by atoms with van der Waals surface area (Å²) in [6, 6.07) is 7.17. The zero-order chi connectivity index (χ0) is 16.9. The molecule has 126 valence electrons. The van der Waals surface area contributed by atoms with Gasteiger partial charge in [0.2, 0.25) is 11.6 Å². The third kappa shape index (κ3) is 3.48. The van der Waals surface area contributed by atoms with Crippen molar-refractivity contribution in [3.05, 3.63) is 42.2 Å². The second-order valence-electron chi connectivity index (χ2n) is 4.92. The van der Waals surface area contributed by atoms with E-state index in [1.165, 1.54) is 6.26 Å². The molecule has 0 saturated heterocycles. The van der Waals surface area contributed by atoms with Crippen LogP contribution in [0.1, 0.15) is 18.9 Å². The van der Waals surface area contributed by atoms with E-state index in [0.29, 0.717) is 19.1 Å². The summed E-state index contributed by atoms with van der Waals surface area (Å²) in [4.78, 5) is 11.9. The molecule has 0 N–H and O–H groups in total. The zero-order valence-corrected chi connectivity index (χ0v) is 13.2. The van der Waals surface area contributed by atoms with Gasteiger partial charge in [-0.2, -0.15) is 0 Å². The first-order valence-electron chi connectivity index (χ1n) is 7.31. The number of carbonyl (C=O) groups excluding carboxylic acids is 1. The first-order chi connectivity index (χ1) is 11.7. The molecular weight excluding hydrogens is 316 g/mol.